The van der Waals surface area contributed by atoms with E-state index < -0.39 is 0 Å². The van der Waals surface area contributed by atoms with Crippen LogP contribution in [-0.4, -0.2) is 32.0 Å². The van der Waals surface area contributed by atoms with Crippen molar-refractivity contribution in [3.8, 4) is 0 Å². The van der Waals surface area contributed by atoms with Crippen LogP contribution in [0.3, 0.4) is 0 Å². The van der Waals surface area contributed by atoms with Crippen molar-refractivity contribution in [2.24, 2.45) is 4.99 Å². The first-order chi connectivity index (χ1) is 11.1. The highest BCUT2D eigenvalue weighted by Crippen LogP contribution is 2.14. The van der Waals surface area contributed by atoms with Gasteiger partial charge in [0.1, 0.15) is 0 Å². The number of nitrogens with one attached hydrogen (secondary N) is 2. The van der Waals surface area contributed by atoms with Gasteiger partial charge >= 0.3 is 0 Å². The summed E-state index contributed by atoms with van der Waals surface area (Å²) >= 11 is 1.81. The van der Waals surface area contributed by atoms with E-state index in [2.05, 4.69) is 77.9 Å². The van der Waals surface area contributed by atoms with E-state index in [0.29, 0.717) is 0 Å². The average Bonchev–Trinajstić information content (AvgIpc) is 2.94. The predicted molar refractivity (Wildman–Crippen MR) is 99.9 cm³/mol. The number of hydrogen-bond donors (Lipinski definition) is 2. The summed E-state index contributed by atoms with van der Waals surface area (Å²) in [6.45, 7) is 4.64. The molecule has 0 saturated heterocycles. The summed E-state index contributed by atoms with van der Waals surface area (Å²) in [5.41, 5.74) is 2.64. The van der Waals surface area contributed by atoms with E-state index in [1.54, 1.807) is 7.05 Å². The van der Waals surface area contributed by atoms with E-state index in [1.807, 2.05) is 11.3 Å². The topological polar surface area (TPSA) is 39.7 Å². The maximum Gasteiger partial charge on any atom is 0.191 e. The molecule has 1 aromatic carbocycles. The van der Waals surface area contributed by atoms with E-state index in [-0.39, 0.29) is 0 Å². The normalized spacial score (nSPS) is 11.8. The van der Waals surface area contributed by atoms with Crippen molar-refractivity contribution in [2.75, 3.05) is 21.1 Å². The summed E-state index contributed by atoms with van der Waals surface area (Å²) in [6, 6.07) is 12.8. The Morgan fingerprint density at radius 3 is 2.35 bits per heavy atom. The minimum atomic E-state index is 0.771. The van der Waals surface area contributed by atoms with Crippen LogP contribution < -0.4 is 10.6 Å². The molecule has 0 aliphatic carbocycles. The second-order valence-corrected chi connectivity index (χ2v) is 7.17. The molecule has 0 radical (unpaired) electrons. The lowest BCUT2D eigenvalue weighted by atomic mass is 10.1. The van der Waals surface area contributed by atoms with Crippen molar-refractivity contribution in [1.29, 1.82) is 0 Å². The van der Waals surface area contributed by atoms with Crippen LogP contribution >= 0.6 is 11.3 Å². The molecular weight excluding hydrogens is 304 g/mol. The highest BCUT2D eigenvalue weighted by atomic mass is 32.1. The first kappa shape index (κ1) is 17.5. The van der Waals surface area contributed by atoms with E-state index in [4.69, 9.17) is 0 Å². The molecule has 5 heteroatoms. The number of guanidine groups is 1. The second kappa shape index (κ2) is 8.70. The molecule has 124 valence electrons. The van der Waals surface area contributed by atoms with Gasteiger partial charge in [0, 0.05) is 29.9 Å². The van der Waals surface area contributed by atoms with Gasteiger partial charge in [-0.15, -0.1) is 11.3 Å². The summed E-state index contributed by atoms with van der Waals surface area (Å²) in [4.78, 5) is 9.14. The molecule has 0 unspecified atom stereocenters. The van der Waals surface area contributed by atoms with Gasteiger partial charge in [0.15, 0.2) is 5.96 Å². The molecule has 2 rings (SSSR count). The highest BCUT2D eigenvalue weighted by Gasteiger charge is 2.05. The van der Waals surface area contributed by atoms with E-state index in [1.165, 1.54) is 20.9 Å². The van der Waals surface area contributed by atoms with E-state index in [9.17, 15) is 0 Å². The fourth-order valence-electron chi connectivity index (χ4n) is 2.38. The van der Waals surface area contributed by atoms with E-state index in [0.717, 1.165) is 25.6 Å². The largest absolute Gasteiger partial charge is 0.352 e. The highest BCUT2D eigenvalue weighted by molar-refractivity contribution is 7.11. The third-order valence-corrected chi connectivity index (χ3v) is 4.50. The van der Waals surface area contributed by atoms with Crippen LogP contribution in [0.15, 0.2) is 41.4 Å². The zero-order chi connectivity index (χ0) is 16.7. The predicted octanol–water partition coefficient (Wildman–Crippen LogP) is 2.98. The van der Waals surface area contributed by atoms with Gasteiger partial charge in [-0.2, -0.15) is 0 Å². The van der Waals surface area contributed by atoms with Gasteiger partial charge < -0.3 is 15.5 Å². The summed E-state index contributed by atoms with van der Waals surface area (Å²) in [5, 5.41) is 6.77. The van der Waals surface area contributed by atoms with Gasteiger partial charge in [0.2, 0.25) is 0 Å². The summed E-state index contributed by atoms with van der Waals surface area (Å²) in [7, 11) is 5.99. The number of benzene rings is 1. The Hall–Kier alpha value is -1.85. The number of thiophene rings is 1. The Bertz CT molecular complexity index is 646. The minimum Gasteiger partial charge on any atom is -0.352 e. The van der Waals surface area contributed by atoms with Crippen LogP contribution in [0.5, 0.6) is 0 Å². The Labute approximate surface area is 143 Å². The Morgan fingerprint density at radius 1 is 1.04 bits per heavy atom. The van der Waals surface area contributed by atoms with Crippen LogP contribution in [0.4, 0.5) is 0 Å². The molecule has 4 nitrogen and oxygen atoms in total. The lowest BCUT2D eigenvalue weighted by Crippen LogP contribution is -2.36. The number of aliphatic imine (C=N–C) groups is 1. The number of nitrogens with zero attached hydrogens (tertiary/aromatic N) is 2. The summed E-state index contributed by atoms with van der Waals surface area (Å²) in [5.74, 6) is 0.829. The minimum absolute atomic E-state index is 0.771. The van der Waals surface area contributed by atoms with Crippen molar-refractivity contribution in [2.45, 2.75) is 26.6 Å². The van der Waals surface area contributed by atoms with Crippen LogP contribution in [-0.2, 0) is 19.6 Å². The molecule has 23 heavy (non-hydrogen) atoms. The molecule has 2 aromatic rings. The SMILES string of the molecule is CN=C(NCc1ccc(C)s1)NCc1ccccc1CN(C)C. The van der Waals surface area contributed by atoms with Gasteiger partial charge in [-0.25, -0.2) is 0 Å². The lowest BCUT2D eigenvalue weighted by Gasteiger charge is -2.16. The zero-order valence-corrected chi connectivity index (χ0v) is 15.2. The monoisotopic (exact) mass is 330 g/mol. The van der Waals surface area contributed by atoms with Crippen molar-refractivity contribution in [3.63, 3.8) is 0 Å². The third kappa shape index (κ3) is 5.69. The molecule has 0 spiro atoms. The molecule has 2 N–H and O–H groups in total. The molecule has 0 aliphatic rings. The lowest BCUT2D eigenvalue weighted by molar-refractivity contribution is 0.400. The van der Waals surface area contributed by atoms with Gasteiger partial charge in [0.05, 0.1) is 6.54 Å². The van der Waals surface area contributed by atoms with Crippen molar-refractivity contribution < 1.29 is 0 Å². The average molecular weight is 331 g/mol. The van der Waals surface area contributed by atoms with Gasteiger partial charge in [0.25, 0.3) is 0 Å². The summed E-state index contributed by atoms with van der Waals surface area (Å²) in [6.07, 6.45) is 0. The van der Waals surface area contributed by atoms with Crippen LogP contribution in [0.25, 0.3) is 0 Å². The molecule has 0 bridgehead atoms. The van der Waals surface area contributed by atoms with Crippen molar-refractivity contribution in [3.05, 3.63) is 57.3 Å². The molecular formula is C18H26N4S. The van der Waals surface area contributed by atoms with Crippen LogP contribution in [0.1, 0.15) is 20.9 Å². The van der Waals surface area contributed by atoms with E-state index >= 15 is 0 Å². The standard InChI is InChI=1S/C18H26N4S/c1-14-9-10-17(23-14)12-21-18(19-2)20-11-15-7-5-6-8-16(15)13-22(3)4/h5-10H,11-13H2,1-4H3,(H2,19,20,21). The molecule has 0 saturated carbocycles. The van der Waals surface area contributed by atoms with Crippen LogP contribution in [0.2, 0.25) is 0 Å². The van der Waals surface area contributed by atoms with Crippen molar-refractivity contribution in [1.82, 2.24) is 15.5 Å². The smallest absolute Gasteiger partial charge is 0.191 e. The summed E-state index contributed by atoms with van der Waals surface area (Å²) < 4.78 is 0. The molecule has 0 atom stereocenters. The number of hydrogen-bond acceptors (Lipinski definition) is 3. The first-order valence-corrected chi connectivity index (χ1v) is 8.61. The maximum atomic E-state index is 4.30. The quantitative estimate of drug-likeness (QED) is 0.632. The fourth-order valence-corrected chi connectivity index (χ4v) is 3.21. The van der Waals surface area contributed by atoms with Crippen molar-refractivity contribution >= 4 is 17.3 Å². The number of rotatable bonds is 6. The van der Waals surface area contributed by atoms with Gasteiger partial charge in [-0.05, 0) is 44.3 Å². The number of aryl methyl sites for hydroxylation is 1. The Kier molecular flexibility index (Phi) is 6.62. The van der Waals surface area contributed by atoms with Gasteiger partial charge in [-0.3, -0.25) is 4.99 Å². The molecule has 0 amide bonds. The zero-order valence-electron chi connectivity index (χ0n) is 14.4. The Morgan fingerprint density at radius 2 is 1.74 bits per heavy atom. The second-order valence-electron chi connectivity index (χ2n) is 5.80. The Balaban J connectivity index is 1.90. The maximum absolute atomic E-state index is 4.30. The first-order valence-electron chi connectivity index (χ1n) is 7.80. The third-order valence-electron chi connectivity index (χ3n) is 3.50. The van der Waals surface area contributed by atoms with Crippen LogP contribution in [0, 0.1) is 6.92 Å². The molecule has 0 fully saturated rings. The molecule has 1 aromatic heterocycles. The fraction of sp³-hybridized carbons (Fsp3) is 0.389. The van der Waals surface area contributed by atoms with Gasteiger partial charge in [-0.1, -0.05) is 24.3 Å². The molecule has 0 aliphatic heterocycles. The molecule has 1 heterocycles.